The third-order valence-corrected chi connectivity index (χ3v) is 3.48. The smallest absolute Gasteiger partial charge is 0.318 e. The van der Waals surface area contributed by atoms with Gasteiger partial charge < -0.3 is 15.7 Å². The van der Waals surface area contributed by atoms with Gasteiger partial charge >= 0.3 is 12.0 Å². The Bertz CT molecular complexity index is 245. The highest BCUT2D eigenvalue weighted by atomic mass is 32.2. The van der Waals surface area contributed by atoms with E-state index in [0.717, 1.165) is 0 Å². The Hall–Kier alpha value is -0.910. The van der Waals surface area contributed by atoms with Crippen LogP contribution in [0.3, 0.4) is 0 Å². The van der Waals surface area contributed by atoms with Crippen molar-refractivity contribution in [3.63, 3.8) is 0 Å². The van der Waals surface area contributed by atoms with E-state index >= 15 is 0 Å². The van der Waals surface area contributed by atoms with Gasteiger partial charge in [0, 0.05) is 5.75 Å². The first kappa shape index (κ1) is 7.72. The number of amides is 2. The molecular formula is C6H8N2O3S. The lowest BCUT2D eigenvalue weighted by Crippen LogP contribution is -2.40. The van der Waals surface area contributed by atoms with Crippen LogP contribution in [0.5, 0.6) is 0 Å². The fourth-order valence-corrected chi connectivity index (χ4v) is 2.83. The molecule has 3 unspecified atom stereocenters. The number of urea groups is 1. The fraction of sp³-hybridized carbons (Fsp3) is 0.667. The molecule has 0 saturated carbocycles. The zero-order valence-electron chi connectivity index (χ0n) is 6.11. The molecule has 6 heteroatoms. The van der Waals surface area contributed by atoms with Crippen molar-refractivity contribution in [2.24, 2.45) is 0 Å². The molecule has 5 nitrogen and oxygen atoms in total. The number of fused-ring (bicyclic) bond motifs is 1. The fourth-order valence-electron chi connectivity index (χ4n) is 1.52. The predicted octanol–water partition coefficient (Wildman–Crippen LogP) is -0.764. The number of hydrogen-bond donors (Lipinski definition) is 3. The van der Waals surface area contributed by atoms with E-state index in [2.05, 4.69) is 10.6 Å². The molecule has 0 aromatic rings. The summed E-state index contributed by atoms with van der Waals surface area (Å²) >= 11 is 1.37. The molecule has 2 aliphatic heterocycles. The molecule has 2 heterocycles. The van der Waals surface area contributed by atoms with Gasteiger partial charge in [-0.15, -0.1) is 11.8 Å². The number of rotatable bonds is 1. The van der Waals surface area contributed by atoms with Crippen LogP contribution in [0.1, 0.15) is 0 Å². The summed E-state index contributed by atoms with van der Waals surface area (Å²) in [5.41, 5.74) is 0. The third-order valence-electron chi connectivity index (χ3n) is 2.07. The summed E-state index contributed by atoms with van der Waals surface area (Å²) < 4.78 is 0. The lowest BCUT2D eigenvalue weighted by Gasteiger charge is -2.10. The Balaban J connectivity index is 2.13. The number of carboxylic acids is 1. The monoisotopic (exact) mass is 188 g/mol. The van der Waals surface area contributed by atoms with Crippen molar-refractivity contribution < 1.29 is 14.7 Å². The van der Waals surface area contributed by atoms with Gasteiger partial charge in [0.25, 0.3) is 0 Å². The number of nitrogens with one attached hydrogen (secondary N) is 2. The number of hydrogen-bond acceptors (Lipinski definition) is 3. The molecule has 66 valence electrons. The molecule has 0 spiro atoms. The average molecular weight is 188 g/mol. The Morgan fingerprint density at radius 1 is 1.58 bits per heavy atom. The molecule has 0 aromatic carbocycles. The maximum Gasteiger partial charge on any atom is 0.318 e. The van der Waals surface area contributed by atoms with Gasteiger partial charge in [-0.25, -0.2) is 4.79 Å². The second kappa shape index (κ2) is 2.55. The Morgan fingerprint density at radius 3 is 3.00 bits per heavy atom. The van der Waals surface area contributed by atoms with E-state index in [0.29, 0.717) is 5.75 Å². The maximum atomic E-state index is 10.8. The highest BCUT2D eigenvalue weighted by molar-refractivity contribution is 8.01. The Labute approximate surface area is 72.9 Å². The van der Waals surface area contributed by atoms with E-state index in [9.17, 15) is 9.59 Å². The molecule has 2 saturated heterocycles. The minimum atomic E-state index is -0.850. The summed E-state index contributed by atoms with van der Waals surface area (Å²) in [4.78, 5) is 21.5. The highest BCUT2D eigenvalue weighted by Crippen LogP contribution is 2.29. The van der Waals surface area contributed by atoms with Crippen LogP contribution in [0.2, 0.25) is 0 Å². The molecule has 3 atom stereocenters. The van der Waals surface area contributed by atoms with Crippen molar-refractivity contribution in [1.82, 2.24) is 10.6 Å². The second-order valence-corrected chi connectivity index (χ2v) is 4.02. The predicted molar refractivity (Wildman–Crippen MR) is 43.1 cm³/mol. The minimum absolute atomic E-state index is 0.0106. The van der Waals surface area contributed by atoms with Crippen LogP contribution >= 0.6 is 11.8 Å². The van der Waals surface area contributed by atoms with Crippen LogP contribution in [0.25, 0.3) is 0 Å². The van der Waals surface area contributed by atoms with Gasteiger partial charge in [0.2, 0.25) is 0 Å². The van der Waals surface area contributed by atoms with Gasteiger partial charge in [0.1, 0.15) is 5.25 Å². The van der Waals surface area contributed by atoms with Crippen molar-refractivity contribution >= 4 is 23.8 Å². The van der Waals surface area contributed by atoms with Gasteiger partial charge in [-0.1, -0.05) is 0 Å². The summed E-state index contributed by atoms with van der Waals surface area (Å²) in [6, 6.07) is -0.500. The van der Waals surface area contributed by atoms with Gasteiger partial charge in [0.05, 0.1) is 12.1 Å². The number of carbonyl (C=O) groups excluding carboxylic acids is 1. The number of carbonyl (C=O) groups is 2. The molecule has 0 aromatic heterocycles. The standard InChI is InChI=1S/C6H8N2O3S/c9-5(10)4-3-2(1-12-4)7-6(11)8-3/h2-4H,1H2,(H,9,10)(H2,7,8,11). The molecular weight excluding hydrogens is 180 g/mol. The zero-order valence-corrected chi connectivity index (χ0v) is 6.93. The lowest BCUT2D eigenvalue weighted by molar-refractivity contribution is -0.136. The molecule has 0 bridgehead atoms. The van der Waals surface area contributed by atoms with Crippen LogP contribution in [0, 0.1) is 0 Å². The van der Waals surface area contributed by atoms with Crippen LogP contribution in [-0.4, -0.2) is 40.2 Å². The number of aliphatic carboxylic acids is 1. The van der Waals surface area contributed by atoms with Gasteiger partial charge in [-0.3, -0.25) is 4.79 Å². The van der Waals surface area contributed by atoms with Crippen LogP contribution < -0.4 is 10.6 Å². The van der Waals surface area contributed by atoms with Crippen molar-refractivity contribution in [2.75, 3.05) is 5.75 Å². The normalized spacial score (nSPS) is 38.7. The van der Waals surface area contributed by atoms with Crippen molar-refractivity contribution in [3.05, 3.63) is 0 Å². The van der Waals surface area contributed by atoms with Crippen molar-refractivity contribution in [2.45, 2.75) is 17.3 Å². The minimum Gasteiger partial charge on any atom is -0.480 e. The molecule has 2 rings (SSSR count). The Morgan fingerprint density at radius 2 is 2.33 bits per heavy atom. The number of carboxylic acid groups (broad SMARTS) is 1. The Kier molecular flexibility index (Phi) is 1.64. The SMILES string of the molecule is O=C1NC2CSC(C(=O)O)C2N1. The van der Waals surface area contributed by atoms with Crippen molar-refractivity contribution in [1.29, 1.82) is 0 Å². The molecule has 2 fully saturated rings. The largest absolute Gasteiger partial charge is 0.480 e. The molecule has 0 radical (unpaired) electrons. The van der Waals surface area contributed by atoms with E-state index in [-0.39, 0.29) is 18.1 Å². The zero-order chi connectivity index (χ0) is 8.72. The van der Waals surface area contributed by atoms with E-state index in [1.807, 2.05) is 0 Å². The quantitative estimate of drug-likeness (QED) is 0.472. The molecule has 2 amide bonds. The molecule has 2 aliphatic rings. The summed E-state index contributed by atoms with van der Waals surface area (Å²) in [6.07, 6.45) is 0. The van der Waals surface area contributed by atoms with Crippen LogP contribution in [0.4, 0.5) is 4.79 Å². The van der Waals surface area contributed by atoms with E-state index < -0.39 is 11.2 Å². The topological polar surface area (TPSA) is 78.4 Å². The van der Waals surface area contributed by atoms with E-state index in [1.54, 1.807) is 0 Å². The summed E-state index contributed by atoms with van der Waals surface area (Å²) in [6.45, 7) is 0. The van der Waals surface area contributed by atoms with Gasteiger partial charge in [-0.2, -0.15) is 0 Å². The molecule has 3 N–H and O–H groups in total. The van der Waals surface area contributed by atoms with Gasteiger partial charge in [0.15, 0.2) is 0 Å². The molecule has 0 aliphatic carbocycles. The van der Waals surface area contributed by atoms with Crippen molar-refractivity contribution in [3.8, 4) is 0 Å². The average Bonchev–Trinajstić information content (AvgIpc) is 2.43. The van der Waals surface area contributed by atoms with Gasteiger partial charge in [-0.05, 0) is 0 Å². The maximum absolute atomic E-state index is 10.8. The summed E-state index contributed by atoms with van der Waals surface area (Å²) in [7, 11) is 0. The first-order valence-corrected chi connectivity index (χ1v) is 4.65. The first-order chi connectivity index (χ1) is 5.68. The van der Waals surface area contributed by atoms with Crippen LogP contribution in [0.15, 0.2) is 0 Å². The van der Waals surface area contributed by atoms with Crippen LogP contribution in [-0.2, 0) is 4.79 Å². The summed E-state index contributed by atoms with van der Waals surface area (Å²) in [5, 5.41) is 13.5. The third kappa shape index (κ3) is 1.03. The highest BCUT2D eigenvalue weighted by Gasteiger charge is 2.46. The lowest BCUT2D eigenvalue weighted by atomic mass is 10.1. The second-order valence-electron chi connectivity index (χ2n) is 2.84. The first-order valence-electron chi connectivity index (χ1n) is 3.60. The summed E-state index contributed by atoms with van der Waals surface area (Å²) in [5.74, 6) is -0.170. The molecule has 12 heavy (non-hydrogen) atoms. The number of thioether (sulfide) groups is 1. The van der Waals surface area contributed by atoms with E-state index in [1.165, 1.54) is 11.8 Å². The van der Waals surface area contributed by atoms with E-state index in [4.69, 9.17) is 5.11 Å².